The van der Waals surface area contributed by atoms with Gasteiger partial charge in [0, 0.05) is 17.7 Å². The van der Waals surface area contributed by atoms with Crippen LogP contribution in [-0.2, 0) is 11.2 Å². The van der Waals surface area contributed by atoms with E-state index in [4.69, 9.17) is 9.84 Å². The predicted octanol–water partition coefficient (Wildman–Crippen LogP) is 3.86. The number of pyridine rings is 1. The molecule has 0 saturated heterocycles. The maximum absolute atomic E-state index is 10.6. The summed E-state index contributed by atoms with van der Waals surface area (Å²) in [6.07, 6.45) is 0.790. The maximum atomic E-state index is 10.6. The second-order valence-electron chi connectivity index (χ2n) is 5.53. The van der Waals surface area contributed by atoms with Gasteiger partial charge in [0.2, 0.25) is 0 Å². The molecule has 0 unspecified atom stereocenters. The van der Waals surface area contributed by atoms with Gasteiger partial charge in [-0.25, -0.2) is 0 Å². The molecule has 2 aromatic rings. The minimum absolute atomic E-state index is 0.128. The molecule has 22 heavy (non-hydrogen) atoms. The first-order chi connectivity index (χ1) is 10.5. The molecule has 0 atom stereocenters. The molecule has 0 radical (unpaired) electrons. The third kappa shape index (κ3) is 4.32. The molecule has 116 valence electrons. The summed E-state index contributed by atoms with van der Waals surface area (Å²) in [4.78, 5) is 15.2. The van der Waals surface area contributed by atoms with Crippen molar-refractivity contribution in [1.29, 1.82) is 0 Å². The van der Waals surface area contributed by atoms with Crippen molar-refractivity contribution in [1.82, 2.24) is 4.98 Å². The Bertz CT molecular complexity index is 648. The van der Waals surface area contributed by atoms with E-state index in [1.54, 1.807) is 0 Å². The lowest BCUT2D eigenvalue weighted by Gasteiger charge is -2.11. The summed E-state index contributed by atoms with van der Waals surface area (Å²) >= 11 is 0. The summed E-state index contributed by atoms with van der Waals surface area (Å²) < 4.78 is 5.63. The average Bonchev–Trinajstić information content (AvgIpc) is 2.46. The van der Waals surface area contributed by atoms with Crippen molar-refractivity contribution < 1.29 is 14.6 Å². The van der Waals surface area contributed by atoms with Crippen LogP contribution in [0.3, 0.4) is 0 Å². The summed E-state index contributed by atoms with van der Waals surface area (Å²) in [6, 6.07) is 11.7. The first kappa shape index (κ1) is 16.0. The summed E-state index contributed by atoms with van der Waals surface area (Å²) in [5, 5.41) is 8.75. The van der Waals surface area contributed by atoms with Crippen LogP contribution in [0.25, 0.3) is 11.3 Å². The molecule has 0 bridgehead atoms. The monoisotopic (exact) mass is 299 g/mol. The van der Waals surface area contributed by atoms with Crippen molar-refractivity contribution in [3.63, 3.8) is 0 Å². The molecular weight excluding hydrogens is 278 g/mol. The minimum atomic E-state index is -0.788. The minimum Gasteiger partial charge on any atom is -0.491 e. The van der Waals surface area contributed by atoms with Crippen LogP contribution in [0.2, 0.25) is 0 Å². The van der Waals surface area contributed by atoms with E-state index in [1.165, 1.54) is 0 Å². The SMILES string of the molecule is Cc1nc(-c2ccc(OC(C)C)cc2)ccc1CCC(=O)O. The van der Waals surface area contributed by atoms with Crippen LogP contribution in [0.4, 0.5) is 0 Å². The number of aliphatic carboxylic acids is 1. The van der Waals surface area contributed by atoms with E-state index in [1.807, 2.05) is 57.2 Å². The number of carboxylic acids is 1. The first-order valence-electron chi connectivity index (χ1n) is 7.41. The van der Waals surface area contributed by atoms with Crippen LogP contribution >= 0.6 is 0 Å². The predicted molar refractivity (Wildman–Crippen MR) is 86.1 cm³/mol. The molecule has 1 N–H and O–H groups in total. The Balaban J connectivity index is 2.15. The Kier molecular flexibility index (Phi) is 5.15. The van der Waals surface area contributed by atoms with Crippen LogP contribution < -0.4 is 4.74 Å². The summed E-state index contributed by atoms with van der Waals surface area (Å²) in [7, 11) is 0. The Morgan fingerprint density at radius 3 is 2.41 bits per heavy atom. The van der Waals surface area contributed by atoms with Crippen LogP contribution in [0.15, 0.2) is 36.4 Å². The average molecular weight is 299 g/mol. The molecule has 4 heteroatoms. The maximum Gasteiger partial charge on any atom is 0.303 e. The van der Waals surface area contributed by atoms with Crippen molar-refractivity contribution in [3.05, 3.63) is 47.7 Å². The van der Waals surface area contributed by atoms with Gasteiger partial charge in [0.25, 0.3) is 0 Å². The Morgan fingerprint density at radius 2 is 1.86 bits per heavy atom. The third-order valence-electron chi connectivity index (χ3n) is 3.33. The number of benzene rings is 1. The fourth-order valence-electron chi connectivity index (χ4n) is 2.23. The van der Waals surface area contributed by atoms with Gasteiger partial charge in [-0.1, -0.05) is 6.07 Å². The molecule has 4 nitrogen and oxygen atoms in total. The molecular formula is C18H21NO3. The zero-order valence-electron chi connectivity index (χ0n) is 13.2. The lowest BCUT2D eigenvalue weighted by atomic mass is 10.1. The molecule has 1 aromatic heterocycles. The highest BCUT2D eigenvalue weighted by molar-refractivity contribution is 5.67. The van der Waals surface area contributed by atoms with Gasteiger partial charge in [-0.3, -0.25) is 9.78 Å². The second kappa shape index (κ2) is 7.07. The Labute approximate surface area is 130 Å². The number of hydrogen-bond acceptors (Lipinski definition) is 3. The number of carboxylic acid groups (broad SMARTS) is 1. The largest absolute Gasteiger partial charge is 0.491 e. The molecule has 0 amide bonds. The zero-order valence-corrected chi connectivity index (χ0v) is 13.2. The molecule has 2 rings (SSSR count). The molecule has 0 aliphatic carbocycles. The Hall–Kier alpha value is -2.36. The first-order valence-corrected chi connectivity index (χ1v) is 7.41. The van der Waals surface area contributed by atoms with Gasteiger partial charge in [-0.2, -0.15) is 0 Å². The van der Waals surface area contributed by atoms with E-state index in [0.717, 1.165) is 28.3 Å². The third-order valence-corrected chi connectivity index (χ3v) is 3.33. The fourth-order valence-corrected chi connectivity index (χ4v) is 2.23. The van der Waals surface area contributed by atoms with Gasteiger partial charge in [0.05, 0.1) is 11.8 Å². The number of aromatic nitrogens is 1. The van der Waals surface area contributed by atoms with Gasteiger partial charge in [0.1, 0.15) is 5.75 Å². The lowest BCUT2D eigenvalue weighted by molar-refractivity contribution is -0.136. The molecule has 0 aliphatic rings. The zero-order chi connectivity index (χ0) is 16.1. The van der Waals surface area contributed by atoms with Crippen LogP contribution in [-0.4, -0.2) is 22.2 Å². The highest BCUT2D eigenvalue weighted by Crippen LogP contribution is 2.23. The quantitative estimate of drug-likeness (QED) is 0.880. The van der Waals surface area contributed by atoms with E-state index >= 15 is 0 Å². The summed E-state index contributed by atoms with van der Waals surface area (Å²) in [6.45, 7) is 5.90. The highest BCUT2D eigenvalue weighted by atomic mass is 16.5. The van der Waals surface area contributed by atoms with E-state index in [-0.39, 0.29) is 12.5 Å². The number of nitrogens with zero attached hydrogens (tertiary/aromatic N) is 1. The van der Waals surface area contributed by atoms with E-state index in [9.17, 15) is 4.79 Å². The molecule has 0 fully saturated rings. The van der Waals surface area contributed by atoms with Crippen LogP contribution in [0.5, 0.6) is 5.75 Å². The highest BCUT2D eigenvalue weighted by Gasteiger charge is 2.07. The van der Waals surface area contributed by atoms with Gasteiger partial charge in [-0.15, -0.1) is 0 Å². The van der Waals surface area contributed by atoms with Crippen molar-refractivity contribution >= 4 is 5.97 Å². The van der Waals surface area contributed by atoms with Crippen molar-refractivity contribution in [2.24, 2.45) is 0 Å². The number of ether oxygens (including phenoxy) is 1. The fraction of sp³-hybridized carbons (Fsp3) is 0.333. The van der Waals surface area contributed by atoms with Crippen LogP contribution in [0.1, 0.15) is 31.5 Å². The summed E-state index contributed by atoms with van der Waals surface area (Å²) in [5.74, 6) is 0.0535. The second-order valence-corrected chi connectivity index (χ2v) is 5.53. The Morgan fingerprint density at radius 1 is 1.18 bits per heavy atom. The number of aryl methyl sites for hydroxylation is 2. The summed E-state index contributed by atoms with van der Waals surface area (Å²) in [5.41, 5.74) is 3.75. The van der Waals surface area contributed by atoms with E-state index in [0.29, 0.717) is 6.42 Å². The van der Waals surface area contributed by atoms with Gasteiger partial charge < -0.3 is 9.84 Å². The molecule has 0 saturated carbocycles. The van der Waals surface area contributed by atoms with Gasteiger partial charge >= 0.3 is 5.97 Å². The standard InChI is InChI=1S/C18H21NO3/c1-12(2)22-16-8-4-15(5-9-16)17-10-6-14(13(3)19-17)7-11-18(20)21/h4-6,8-10,12H,7,11H2,1-3H3,(H,20,21). The molecule has 0 aliphatic heterocycles. The van der Waals surface area contributed by atoms with E-state index < -0.39 is 5.97 Å². The molecule has 1 heterocycles. The molecule has 0 spiro atoms. The van der Waals surface area contributed by atoms with Gasteiger partial charge in [-0.05, 0) is 63.1 Å². The van der Waals surface area contributed by atoms with Crippen molar-refractivity contribution in [2.75, 3.05) is 0 Å². The number of hydrogen-bond donors (Lipinski definition) is 1. The molecule has 1 aromatic carbocycles. The van der Waals surface area contributed by atoms with Crippen molar-refractivity contribution in [3.8, 4) is 17.0 Å². The number of rotatable bonds is 6. The lowest BCUT2D eigenvalue weighted by Crippen LogP contribution is -2.05. The normalized spacial score (nSPS) is 10.7. The topological polar surface area (TPSA) is 59.4 Å². The van der Waals surface area contributed by atoms with E-state index in [2.05, 4.69) is 4.98 Å². The van der Waals surface area contributed by atoms with Crippen LogP contribution in [0, 0.1) is 6.92 Å². The van der Waals surface area contributed by atoms with Gasteiger partial charge in [0.15, 0.2) is 0 Å². The smallest absolute Gasteiger partial charge is 0.303 e. The number of carbonyl (C=O) groups is 1. The van der Waals surface area contributed by atoms with Crippen molar-refractivity contribution in [2.45, 2.75) is 39.7 Å².